The Labute approximate surface area is 137 Å². The van der Waals surface area contributed by atoms with Gasteiger partial charge in [-0.05, 0) is 24.3 Å². The van der Waals surface area contributed by atoms with Gasteiger partial charge in [0.1, 0.15) is 17.2 Å². The Balaban J connectivity index is 2.31. The van der Waals surface area contributed by atoms with E-state index in [4.69, 9.17) is 5.11 Å². The van der Waals surface area contributed by atoms with E-state index in [0.29, 0.717) is 12.1 Å². The van der Waals surface area contributed by atoms with Gasteiger partial charge in [0.2, 0.25) is 5.43 Å². The average molecular weight is 351 g/mol. The molecule has 0 saturated carbocycles. The van der Waals surface area contributed by atoms with Crippen LogP contribution in [0.2, 0.25) is 0 Å². The summed E-state index contributed by atoms with van der Waals surface area (Å²) in [6, 6.07) is 3.96. The summed E-state index contributed by atoms with van der Waals surface area (Å²) in [5.41, 5.74) is -1.99. The topological polar surface area (TPSA) is 59.3 Å². The fourth-order valence-electron chi connectivity index (χ4n) is 2.52. The Bertz CT molecular complexity index is 1080. The zero-order chi connectivity index (χ0) is 18.3. The third kappa shape index (κ3) is 2.98. The highest BCUT2D eigenvalue weighted by molar-refractivity contribution is 5.92. The summed E-state index contributed by atoms with van der Waals surface area (Å²) in [6.07, 6.45) is 0.884. The van der Waals surface area contributed by atoms with E-state index in [2.05, 4.69) is 0 Å². The minimum Gasteiger partial charge on any atom is -0.477 e. The van der Waals surface area contributed by atoms with Crippen molar-refractivity contribution < 1.29 is 27.5 Å². The second-order valence-electron chi connectivity index (χ2n) is 5.32. The first kappa shape index (κ1) is 16.7. The minimum absolute atomic E-state index is 0.141. The van der Waals surface area contributed by atoms with E-state index in [0.717, 1.165) is 29.0 Å². The third-order valence-electron chi connectivity index (χ3n) is 3.70. The number of carbonyl (C=O) groups is 1. The van der Waals surface area contributed by atoms with Crippen molar-refractivity contribution in [3.8, 4) is 0 Å². The van der Waals surface area contributed by atoms with E-state index in [9.17, 15) is 27.2 Å². The Hall–Kier alpha value is -3.16. The molecule has 0 amide bonds. The fraction of sp³-hybridized carbons (Fsp3) is 0.0588. The molecular weight excluding hydrogens is 342 g/mol. The number of nitrogens with zero attached hydrogens (tertiary/aromatic N) is 1. The molecule has 0 saturated heterocycles. The van der Waals surface area contributed by atoms with Crippen LogP contribution >= 0.6 is 0 Å². The molecular formula is C17H9F4NO3. The highest BCUT2D eigenvalue weighted by atomic mass is 19.2. The first-order valence-corrected chi connectivity index (χ1v) is 6.97. The zero-order valence-electron chi connectivity index (χ0n) is 12.4. The molecule has 1 aromatic heterocycles. The lowest BCUT2D eigenvalue weighted by molar-refractivity contribution is 0.0695. The van der Waals surface area contributed by atoms with Crippen LogP contribution < -0.4 is 5.43 Å². The number of fused-ring (bicyclic) bond motifs is 1. The first-order chi connectivity index (χ1) is 11.8. The molecule has 8 heteroatoms. The maximum Gasteiger partial charge on any atom is 0.341 e. The van der Waals surface area contributed by atoms with Gasteiger partial charge < -0.3 is 9.67 Å². The van der Waals surface area contributed by atoms with Crippen molar-refractivity contribution in [2.45, 2.75) is 6.54 Å². The molecule has 128 valence electrons. The van der Waals surface area contributed by atoms with Gasteiger partial charge in [-0.3, -0.25) is 4.79 Å². The predicted octanol–water partition coefficient (Wildman–Crippen LogP) is 3.30. The largest absolute Gasteiger partial charge is 0.477 e. The van der Waals surface area contributed by atoms with Gasteiger partial charge in [-0.2, -0.15) is 0 Å². The van der Waals surface area contributed by atoms with Gasteiger partial charge in [0.05, 0.1) is 12.1 Å². The molecule has 0 radical (unpaired) electrons. The lowest BCUT2D eigenvalue weighted by atomic mass is 10.1. The molecule has 0 bridgehead atoms. The number of aromatic nitrogens is 1. The monoisotopic (exact) mass is 351 g/mol. The summed E-state index contributed by atoms with van der Waals surface area (Å²) in [7, 11) is 0. The van der Waals surface area contributed by atoms with E-state index in [1.807, 2.05) is 0 Å². The molecule has 0 aliphatic rings. The number of carboxylic acids is 1. The minimum atomic E-state index is -1.58. The smallest absolute Gasteiger partial charge is 0.341 e. The van der Waals surface area contributed by atoms with E-state index in [1.54, 1.807) is 0 Å². The van der Waals surface area contributed by atoms with Crippen LogP contribution in [0.25, 0.3) is 10.9 Å². The van der Waals surface area contributed by atoms with Gasteiger partial charge >= 0.3 is 5.97 Å². The first-order valence-electron chi connectivity index (χ1n) is 6.97. The maximum atomic E-state index is 13.8. The number of halogens is 4. The molecule has 3 rings (SSSR count). The standard InChI is InChI=1S/C17H9F4NO3/c18-9-1-2-12(19)8(3-9)6-22-7-11(17(24)25)16(23)10-4-13(20)14(21)5-15(10)22/h1-5,7H,6H2,(H,24,25). The van der Waals surface area contributed by atoms with Crippen LogP contribution in [0.3, 0.4) is 0 Å². The maximum absolute atomic E-state index is 13.8. The molecule has 0 spiro atoms. The van der Waals surface area contributed by atoms with Crippen LogP contribution in [0, 0.1) is 23.3 Å². The van der Waals surface area contributed by atoms with E-state index in [-0.39, 0.29) is 23.0 Å². The number of carboxylic acid groups (broad SMARTS) is 1. The molecule has 4 nitrogen and oxygen atoms in total. The van der Waals surface area contributed by atoms with Gasteiger partial charge in [0.15, 0.2) is 11.6 Å². The van der Waals surface area contributed by atoms with Crippen molar-refractivity contribution in [1.29, 1.82) is 0 Å². The van der Waals surface area contributed by atoms with Gasteiger partial charge in [-0.1, -0.05) is 0 Å². The van der Waals surface area contributed by atoms with Gasteiger partial charge in [0, 0.05) is 23.2 Å². The lowest BCUT2D eigenvalue weighted by Crippen LogP contribution is -2.20. The van der Waals surface area contributed by atoms with E-state index in [1.165, 1.54) is 0 Å². The molecule has 0 aliphatic heterocycles. The summed E-state index contributed by atoms with van der Waals surface area (Å²) in [6.45, 7) is -0.383. The van der Waals surface area contributed by atoms with Crippen LogP contribution in [0.1, 0.15) is 15.9 Å². The van der Waals surface area contributed by atoms with E-state index < -0.39 is 40.2 Å². The van der Waals surface area contributed by atoms with Crippen LogP contribution in [-0.4, -0.2) is 15.6 Å². The predicted molar refractivity (Wildman–Crippen MR) is 80.5 cm³/mol. The summed E-state index contributed by atoms with van der Waals surface area (Å²) in [5, 5.41) is 8.74. The average Bonchev–Trinajstić information content (AvgIpc) is 2.55. The summed E-state index contributed by atoms with van der Waals surface area (Å²) < 4.78 is 55.2. The molecule has 0 fully saturated rings. The van der Waals surface area contributed by atoms with Crippen molar-refractivity contribution in [3.05, 3.63) is 81.1 Å². The van der Waals surface area contributed by atoms with Crippen LogP contribution in [0.15, 0.2) is 41.3 Å². The van der Waals surface area contributed by atoms with Crippen molar-refractivity contribution in [3.63, 3.8) is 0 Å². The molecule has 0 aliphatic carbocycles. The highest BCUT2D eigenvalue weighted by Gasteiger charge is 2.18. The molecule has 0 atom stereocenters. The molecule has 25 heavy (non-hydrogen) atoms. The number of rotatable bonds is 3. The van der Waals surface area contributed by atoms with Crippen molar-refractivity contribution in [2.24, 2.45) is 0 Å². The third-order valence-corrected chi connectivity index (χ3v) is 3.70. The molecule has 3 aromatic rings. The fourth-order valence-corrected chi connectivity index (χ4v) is 2.52. The zero-order valence-corrected chi connectivity index (χ0v) is 12.4. The normalized spacial score (nSPS) is 11.0. The number of benzene rings is 2. The van der Waals surface area contributed by atoms with Gasteiger partial charge in [0.25, 0.3) is 0 Å². The van der Waals surface area contributed by atoms with Crippen molar-refractivity contribution >= 4 is 16.9 Å². The summed E-state index contributed by atoms with van der Waals surface area (Å²) >= 11 is 0. The number of hydrogen-bond donors (Lipinski definition) is 1. The van der Waals surface area contributed by atoms with Crippen LogP contribution in [-0.2, 0) is 6.54 Å². The van der Waals surface area contributed by atoms with Crippen molar-refractivity contribution in [2.75, 3.05) is 0 Å². The SMILES string of the molecule is O=C(O)c1cn(Cc2cc(F)ccc2F)c2cc(F)c(F)cc2c1=O. The van der Waals surface area contributed by atoms with Crippen LogP contribution in [0.4, 0.5) is 17.6 Å². The second-order valence-corrected chi connectivity index (χ2v) is 5.32. The Morgan fingerprint density at radius 3 is 2.36 bits per heavy atom. The van der Waals surface area contributed by atoms with Crippen molar-refractivity contribution in [1.82, 2.24) is 4.57 Å². The highest BCUT2D eigenvalue weighted by Crippen LogP contribution is 2.20. The Morgan fingerprint density at radius 2 is 1.68 bits per heavy atom. The summed E-state index contributed by atoms with van der Waals surface area (Å²) in [4.78, 5) is 23.4. The molecule has 2 aromatic carbocycles. The quantitative estimate of drug-likeness (QED) is 0.737. The number of aromatic carboxylic acids is 1. The summed E-state index contributed by atoms with van der Waals surface area (Å²) in [5.74, 6) is -5.66. The second kappa shape index (κ2) is 6.04. The molecule has 1 N–H and O–H groups in total. The van der Waals surface area contributed by atoms with E-state index >= 15 is 0 Å². The van der Waals surface area contributed by atoms with Gasteiger partial charge in [-0.15, -0.1) is 0 Å². The molecule has 0 unspecified atom stereocenters. The molecule has 1 heterocycles. The van der Waals surface area contributed by atoms with Gasteiger partial charge in [-0.25, -0.2) is 22.4 Å². The van der Waals surface area contributed by atoms with Crippen LogP contribution in [0.5, 0.6) is 0 Å². The Kier molecular flexibility index (Phi) is 4.03. The number of pyridine rings is 1. The Morgan fingerprint density at radius 1 is 1.00 bits per heavy atom. The lowest BCUT2D eigenvalue weighted by Gasteiger charge is -2.13. The number of hydrogen-bond acceptors (Lipinski definition) is 2.